The third kappa shape index (κ3) is 4.57. The van der Waals surface area contributed by atoms with Gasteiger partial charge in [-0.3, -0.25) is 18.7 Å². The van der Waals surface area contributed by atoms with E-state index in [0.29, 0.717) is 35.6 Å². The molecule has 0 atom stereocenters. The number of hydrogen-bond acceptors (Lipinski definition) is 8. The molecule has 1 aliphatic rings. The van der Waals surface area contributed by atoms with Gasteiger partial charge in [0.05, 0.1) is 24.3 Å². The number of amidine groups is 1. The minimum absolute atomic E-state index is 0.0923. The number of nitrogens with zero attached hydrogens (tertiary/aromatic N) is 5. The smallest absolute Gasteiger partial charge is 0.343 e. The Hall–Kier alpha value is -4.48. The van der Waals surface area contributed by atoms with Crippen LogP contribution in [0.4, 0.5) is 11.4 Å². The van der Waals surface area contributed by atoms with Crippen molar-refractivity contribution in [2.24, 2.45) is 19.1 Å². The monoisotopic (exact) mass is 493 g/mol. The standard InChI is InChI=1S/C24H27N7O5/c1-5-36-23(34)18-14(2)26-15-9-6-7-10-16(15)27-20(18)28-17(32)11-8-12-31-13-25-21-19(31)22(33)30(4)24(35)29(21)3/h6-7,9-10,13,26H,5,8,11-12H2,1-4H3,(H,27,28,32). The van der Waals surface area contributed by atoms with Gasteiger partial charge in [-0.25, -0.2) is 19.6 Å². The molecule has 12 heteroatoms. The number of carbonyl (C=O) groups excluding carboxylic acids is 2. The number of aryl methyl sites for hydroxylation is 2. The van der Waals surface area contributed by atoms with Crippen molar-refractivity contribution in [3.8, 4) is 0 Å². The highest BCUT2D eigenvalue weighted by Gasteiger charge is 2.26. The van der Waals surface area contributed by atoms with Crippen molar-refractivity contribution in [1.29, 1.82) is 0 Å². The maximum Gasteiger partial charge on any atom is 0.343 e. The number of anilines is 1. The van der Waals surface area contributed by atoms with Gasteiger partial charge >= 0.3 is 11.7 Å². The Morgan fingerprint density at radius 2 is 1.89 bits per heavy atom. The molecule has 0 saturated carbocycles. The molecule has 0 spiro atoms. The molecule has 4 rings (SSSR count). The largest absolute Gasteiger partial charge is 0.462 e. The fourth-order valence-corrected chi connectivity index (χ4v) is 4.01. The second kappa shape index (κ2) is 10.0. The number of fused-ring (bicyclic) bond motifs is 2. The minimum atomic E-state index is -0.597. The molecule has 0 unspecified atom stereocenters. The maximum atomic E-state index is 12.9. The van der Waals surface area contributed by atoms with Crippen LogP contribution in [0.25, 0.3) is 11.2 Å². The fourth-order valence-electron chi connectivity index (χ4n) is 4.01. The molecule has 36 heavy (non-hydrogen) atoms. The van der Waals surface area contributed by atoms with Crippen LogP contribution >= 0.6 is 0 Å². The number of esters is 1. The van der Waals surface area contributed by atoms with Crippen molar-refractivity contribution < 1.29 is 14.3 Å². The number of carbonyl (C=O) groups is 2. The Bertz CT molecular complexity index is 1540. The summed E-state index contributed by atoms with van der Waals surface area (Å²) in [4.78, 5) is 59.0. The van der Waals surface area contributed by atoms with Crippen LogP contribution in [0.3, 0.4) is 0 Å². The van der Waals surface area contributed by atoms with E-state index in [-0.39, 0.29) is 36.0 Å². The van der Waals surface area contributed by atoms with Crippen molar-refractivity contribution in [2.45, 2.75) is 33.2 Å². The zero-order valence-electron chi connectivity index (χ0n) is 20.5. The van der Waals surface area contributed by atoms with Gasteiger partial charge in [0.1, 0.15) is 11.4 Å². The number of amides is 1. The number of imidazole rings is 1. The zero-order chi connectivity index (χ0) is 26.0. The van der Waals surface area contributed by atoms with E-state index in [0.717, 1.165) is 4.57 Å². The predicted octanol–water partition coefficient (Wildman–Crippen LogP) is 1.32. The van der Waals surface area contributed by atoms with Gasteiger partial charge < -0.3 is 19.9 Å². The van der Waals surface area contributed by atoms with Crippen LogP contribution in [0, 0.1) is 0 Å². The molecule has 0 radical (unpaired) electrons. The zero-order valence-corrected chi connectivity index (χ0v) is 20.5. The van der Waals surface area contributed by atoms with Crippen LogP contribution in [0.15, 0.2) is 56.4 Å². The molecular formula is C24H27N7O5. The van der Waals surface area contributed by atoms with Gasteiger partial charge in [0.15, 0.2) is 11.2 Å². The van der Waals surface area contributed by atoms with Gasteiger partial charge in [-0.2, -0.15) is 0 Å². The van der Waals surface area contributed by atoms with Gasteiger partial charge in [0.2, 0.25) is 5.91 Å². The summed E-state index contributed by atoms with van der Waals surface area (Å²) < 4.78 is 9.15. The van der Waals surface area contributed by atoms with Crippen LogP contribution < -0.4 is 21.9 Å². The SMILES string of the molecule is CCOC(=O)C1=C(C)Nc2ccccc2N=C1NC(=O)CCCn1cnc2c1c(=O)n(C)c(=O)n2C. The number of nitrogens with one attached hydrogen (secondary N) is 2. The first-order chi connectivity index (χ1) is 17.2. The Labute approximate surface area is 205 Å². The van der Waals surface area contributed by atoms with E-state index in [1.807, 2.05) is 18.2 Å². The normalized spacial score (nSPS) is 13.1. The predicted molar refractivity (Wildman–Crippen MR) is 134 cm³/mol. The molecule has 2 aromatic heterocycles. The van der Waals surface area contributed by atoms with Crippen LogP contribution in [0.5, 0.6) is 0 Å². The molecule has 0 fully saturated rings. The molecule has 12 nitrogen and oxygen atoms in total. The number of para-hydroxylation sites is 2. The highest BCUT2D eigenvalue weighted by Crippen LogP contribution is 2.30. The first-order valence-corrected chi connectivity index (χ1v) is 11.5. The number of aromatic nitrogens is 4. The van der Waals surface area contributed by atoms with E-state index in [9.17, 15) is 19.2 Å². The average molecular weight is 494 g/mol. The van der Waals surface area contributed by atoms with Crippen LogP contribution in [0.2, 0.25) is 0 Å². The number of ether oxygens (including phenoxy) is 1. The molecule has 0 aliphatic carbocycles. The van der Waals surface area contributed by atoms with E-state index in [2.05, 4.69) is 20.6 Å². The topological polar surface area (TPSA) is 142 Å². The van der Waals surface area contributed by atoms with Crippen molar-refractivity contribution >= 4 is 40.3 Å². The number of benzene rings is 1. The minimum Gasteiger partial charge on any atom is -0.462 e. The number of allylic oxidation sites excluding steroid dienone is 1. The number of hydrogen-bond donors (Lipinski definition) is 2. The lowest BCUT2D eigenvalue weighted by molar-refractivity contribution is -0.137. The number of rotatable bonds is 6. The third-order valence-corrected chi connectivity index (χ3v) is 5.83. The van der Waals surface area contributed by atoms with Crippen molar-refractivity contribution in [3.63, 3.8) is 0 Å². The summed E-state index contributed by atoms with van der Waals surface area (Å²) in [5, 5.41) is 5.91. The molecule has 3 heterocycles. The molecule has 188 valence electrons. The molecule has 3 aromatic rings. The van der Waals surface area contributed by atoms with E-state index >= 15 is 0 Å². The third-order valence-electron chi connectivity index (χ3n) is 5.83. The van der Waals surface area contributed by atoms with E-state index in [1.54, 1.807) is 31.5 Å². The molecule has 1 amide bonds. The Kier molecular flexibility index (Phi) is 6.86. The fraction of sp³-hybridized carbons (Fsp3) is 0.333. The van der Waals surface area contributed by atoms with Gasteiger partial charge in [0, 0.05) is 32.8 Å². The van der Waals surface area contributed by atoms with Gasteiger partial charge in [-0.1, -0.05) is 12.1 Å². The quantitative estimate of drug-likeness (QED) is 0.493. The number of aliphatic imine (C=N–C) groups is 1. The van der Waals surface area contributed by atoms with E-state index in [1.165, 1.54) is 17.9 Å². The van der Waals surface area contributed by atoms with Gasteiger partial charge in [0.25, 0.3) is 5.56 Å². The second-order valence-electron chi connectivity index (χ2n) is 8.29. The Balaban J connectivity index is 1.53. The molecular weight excluding hydrogens is 466 g/mol. The average Bonchev–Trinajstić information content (AvgIpc) is 3.20. The molecule has 0 saturated heterocycles. The summed E-state index contributed by atoms with van der Waals surface area (Å²) in [5.41, 5.74) is 1.58. The Morgan fingerprint density at radius 3 is 2.64 bits per heavy atom. The first-order valence-electron chi connectivity index (χ1n) is 11.5. The van der Waals surface area contributed by atoms with Gasteiger partial charge in [-0.15, -0.1) is 0 Å². The highest BCUT2D eigenvalue weighted by atomic mass is 16.5. The molecule has 1 aromatic carbocycles. The summed E-state index contributed by atoms with van der Waals surface area (Å²) in [6.07, 6.45) is 1.95. The lowest BCUT2D eigenvalue weighted by atomic mass is 10.1. The van der Waals surface area contributed by atoms with E-state index < -0.39 is 17.2 Å². The van der Waals surface area contributed by atoms with Crippen molar-refractivity contribution in [2.75, 3.05) is 11.9 Å². The summed E-state index contributed by atoms with van der Waals surface area (Å²) in [6.45, 7) is 3.92. The highest BCUT2D eigenvalue weighted by molar-refractivity contribution is 6.24. The van der Waals surface area contributed by atoms with Crippen LogP contribution in [-0.4, -0.2) is 43.0 Å². The summed E-state index contributed by atoms with van der Waals surface area (Å²) >= 11 is 0. The van der Waals surface area contributed by atoms with Crippen molar-refractivity contribution in [1.82, 2.24) is 24.0 Å². The Morgan fingerprint density at radius 1 is 1.14 bits per heavy atom. The van der Waals surface area contributed by atoms with Crippen LogP contribution in [0.1, 0.15) is 26.7 Å². The lowest BCUT2D eigenvalue weighted by Gasteiger charge is -2.13. The van der Waals surface area contributed by atoms with Crippen LogP contribution in [-0.2, 0) is 35.0 Å². The van der Waals surface area contributed by atoms with Gasteiger partial charge in [-0.05, 0) is 32.4 Å². The van der Waals surface area contributed by atoms with E-state index in [4.69, 9.17) is 4.74 Å². The second-order valence-corrected chi connectivity index (χ2v) is 8.29. The maximum absolute atomic E-state index is 12.9. The summed E-state index contributed by atoms with van der Waals surface area (Å²) in [5.74, 6) is -0.849. The first kappa shape index (κ1) is 24.6. The summed E-state index contributed by atoms with van der Waals surface area (Å²) in [6, 6.07) is 7.25. The molecule has 1 aliphatic heterocycles. The molecule has 2 N–H and O–H groups in total. The van der Waals surface area contributed by atoms with Crippen molar-refractivity contribution in [3.05, 3.63) is 62.7 Å². The molecule has 0 bridgehead atoms. The lowest BCUT2D eigenvalue weighted by Crippen LogP contribution is -2.37. The summed E-state index contributed by atoms with van der Waals surface area (Å²) in [7, 11) is 2.96.